The zero-order chi connectivity index (χ0) is 13.8. The van der Waals surface area contributed by atoms with Gasteiger partial charge in [-0.2, -0.15) is 0 Å². The smallest absolute Gasteiger partial charge is 0.230 e. The van der Waals surface area contributed by atoms with Gasteiger partial charge in [0, 0.05) is 11.1 Å². The lowest BCUT2D eigenvalue weighted by molar-refractivity contribution is -0.124. The molecular weight excluding hydrogens is 296 g/mol. The molecule has 0 aliphatic rings. The van der Waals surface area contributed by atoms with E-state index in [-0.39, 0.29) is 5.91 Å². The molecule has 100 valence electrons. The molecule has 4 nitrogen and oxygen atoms in total. The van der Waals surface area contributed by atoms with Gasteiger partial charge in [-0.15, -0.1) is 0 Å². The molecule has 0 spiro atoms. The number of anilines is 1. The molecule has 0 aromatic heterocycles. The van der Waals surface area contributed by atoms with Crippen LogP contribution in [0, 0.1) is 5.41 Å². The Kier molecular flexibility index (Phi) is 5.16. The SMILES string of the molecule is COc1ccc(NC(=O)C(C)(C)CCN)cc1Br. The number of carbonyl (C=O) groups excluding carboxylic acids is 1. The van der Waals surface area contributed by atoms with E-state index in [0.717, 1.165) is 15.9 Å². The molecular formula is C13H19BrN2O2. The van der Waals surface area contributed by atoms with Crippen LogP contribution in [0.3, 0.4) is 0 Å². The normalized spacial score (nSPS) is 11.2. The first kappa shape index (κ1) is 15.0. The van der Waals surface area contributed by atoms with Crippen LogP contribution >= 0.6 is 15.9 Å². The van der Waals surface area contributed by atoms with Gasteiger partial charge in [-0.1, -0.05) is 13.8 Å². The number of hydrogen-bond acceptors (Lipinski definition) is 3. The molecule has 3 N–H and O–H groups in total. The Morgan fingerprint density at radius 1 is 1.50 bits per heavy atom. The quantitative estimate of drug-likeness (QED) is 0.878. The predicted octanol–water partition coefficient (Wildman–Crippen LogP) is 2.77. The van der Waals surface area contributed by atoms with E-state index in [1.165, 1.54) is 0 Å². The molecule has 0 heterocycles. The molecule has 5 heteroatoms. The van der Waals surface area contributed by atoms with Gasteiger partial charge in [0.15, 0.2) is 0 Å². The fourth-order valence-electron chi connectivity index (χ4n) is 1.52. The Bertz CT molecular complexity index is 433. The third-order valence-electron chi connectivity index (χ3n) is 2.79. The number of nitrogens with one attached hydrogen (secondary N) is 1. The lowest BCUT2D eigenvalue weighted by atomic mass is 9.88. The lowest BCUT2D eigenvalue weighted by Crippen LogP contribution is -2.32. The number of carbonyl (C=O) groups is 1. The third-order valence-corrected chi connectivity index (χ3v) is 3.41. The van der Waals surface area contributed by atoms with E-state index in [2.05, 4.69) is 21.2 Å². The van der Waals surface area contributed by atoms with Gasteiger partial charge in [0.05, 0.1) is 11.6 Å². The molecule has 0 aliphatic carbocycles. The summed E-state index contributed by atoms with van der Waals surface area (Å²) in [5.74, 6) is 0.694. The molecule has 0 bridgehead atoms. The zero-order valence-corrected chi connectivity index (χ0v) is 12.5. The number of rotatable bonds is 5. The Balaban J connectivity index is 2.79. The molecule has 0 saturated heterocycles. The minimum absolute atomic E-state index is 0.0370. The van der Waals surface area contributed by atoms with Gasteiger partial charge < -0.3 is 15.8 Å². The average molecular weight is 315 g/mol. The van der Waals surface area contributed by atoms with Crippen LogP contribution in [-0.4, -0.2) is 19.6 Å². The molecule has 0 unspecified atom stereocenters. The summed E-state index contributed by atoms with van der Waals surface area (Å²) >= 11 is 3.38. The van der Waals surface area contributed by atoms with Crippen molar-refractivity contribution in [3.05, 3.63) is 22.7 Å². The van der Waals surface area contributed by atoms with Crippen molar-refractivity contribution < 1.29 is 9.53 Å². The number of hydrogen-bond donors (Lipinski definition) is 2. The van der Waals surface area contributed by atoms with Crippen molar-refractivity contribution in [3.8, 4) is 5.75 Å². The first-order valence-corrected chi connectivity index (χ1v) is 6.55. The van der Waals surface area contributed by atoms with Crippen molar-refractivity contribution in [3.63, 3.8) is 0 Å². The van der Waals surface area contributed by atoms with Crippen LogP contribution in [0.2, 0.25) is 0 Å². The van der Waals surface area contributed by atoms with E-state index in [0.29, 0.717) is 13.0 Å². The number of amides is 1. The second-order valence-corrected chi connectivity index (χ2v) is 5.58. The average Bonchev–Trinajstić information content (AvgIpc) is 2.29. The molecule has 0 radical (unpaired) electrons. The summed E-state index contributed by atoms with van der Waals surface area (Å²) in [7, 11) is 1.60. The lowest BCUT2D eigenvalue weighted by Gasteiger charge is -2.22. The Labute approximate surface area is 116 Å². The maximum atomic E-state index is 12.1. The van der Waals surface area contributed by atoms with Crippen LogP contribution in [0.15, 0.2) is 22.7 Å². The van der Waals surface area contributed by atoms with Crippen molar-refractivity contribution in [1.82, 2.24) is 0 Å². The molecule has 0 aliphatic heterocycles. The van der Waals surface area contributed by atoms with Crippen LogP contribution < -0.4 is 15.8 Å². The van der Waals surface area contributed by atoms with E-state index in [4.69, 9.17) is 10.5 Å². The molecule has 1 amide bonds. The predicted molar refractivity (Wildman–Crippen MR) is 76.8 cm³/mol. The molecule has 18 heavy (non-hydrogen) atoms. The van der Waals surface area contributed by atoms with Crippen molar-refractivity contribution >= 4 is 27.5 Å². The summed E-state index contributed by atoms with van der Waals surface area (Å²) < 4.78 is 5.94. The van der Waals surface area contributed by atoms with Crippen LogP contribution in [-0.2, 0) is 4.79 Å². The summed E-state index contributed by atoms with van der Waals surface area (Å²) in [4.78, 5) is 12.1. The van der Waals surface area contributed by atoms with Gasteiger partial charge in [-0.25, -0.2) is 0 Å². The standard InChI is InChI=1S/C13H19BrN2O2/c1-13(2,6-7-15)12(17)16-9-4-5-11(18-3)10(14)8-9/h4-5,8H,6-7,15H2,1-3H3,(H,16,17). The highest BCUT2D eigenvalue weighted by Gasteiger charge is 2.26. The van der Waals surface area contributed by atoms with Crippen LogP contribution in [0.1, 0.15) is 20.3 Å². The topological polar surface area (TPSA) is 64.3 Å². The van der Waals surface area contributed by atoms with E-state index in [1.54, 1.807) is 19.2 Å². The van der Waals surface area contributed by atoms with Crippen LogP contribution in [0.25, 0.3) is 0 Å². The summed E-state index contributed by atoms with van der Waals surface area (Å²) in [5, 5.41) is 2.88. The van der Waals surface area contributed by atoms with Crippen molar-refractivity contribution in [1.29, 1.82) is 0 Å². The molecule has 0 atom stereocenters. The summed E-state index contributed by atoms with van der Waals surface area (Å²) in [6.07, 6.45) is 0.649. The summed E-state index contributed by atoms with van der Waals surface area (Å²) in [5.41, 5.74) is 5.77. The van der Waals surface area contributed by atoms with Gasteiger partial charge >= 0.3 is 0 Å². The zero-order valence-electron chi connectivity index (χ0n) is 10.9. The van der Waals surface area contributed by atoms with Crippen LogP contribution in [0.4, 0.5) is 5.69 Å². The fourth-order valence-corrected chi connectivity index (χ4v) is 2.06. The van der Waals surface area contributed by atoms with E-state index >= 15 is 0 Å². The number of methoxy groups -OCH3 is 1. The van der Waals surface area contributed by atoms with Crippen molar-refractivity contribution in [2.45, 2.75) is 20.3 Å². The minimum atomic E-state index is -0.471. The fraction of sp³-hybridized carbons (Fsp3) is 0.462. The van der Waals surface area contributed by atoms with Gasteiger partial charge in [0.2, 0.25) is 5.91 Å². The maximum Gasteiger partial charge on any atom is 0.230 e. The highest BCUT2D eigenvalue weighted by Crippen LogP contribution is 2.29. The molecule has 1 aromatic rings. The summed E-state index contributed by atoms with van der Waals surface area (Å²) in [6.45, 7) is 4.26. The maximum absolute atomic E-state index is 12.1. The van der Waals surface area contributed by atoms with Gasteiger partial charge in [-0.3, -0.25) is 4.79 Å². The Hall–Kier alpha value is -1.07. The van der Waals surface area contributed by atoms with Crippen molar-refractivity contribution in [2.75, 3.05) is 19.0 Å². The Morgan fingerprint density at radius 2 is 2.17 bits per heavy atom. The highest BCUT2D eigenvalue weighted by molar-refractivity contribution is 9.10. The first-order chi connectivity index (χ1) is 8.40. The molecule has 1 rings (SSSR count). The number of ether oxygens (including phenoxy) is 1. The molecule has 1 aromatic carbocycles. The minimum Gasteiger partial charge on any atom is -0.496 e. The van der Waals surface area contributed by atoms with Gasteiger partial charge in [-0.05, 0) is 47.1 Å². The van der Waals surface area contributed by atoms with Crippen molar-refractivity contribution in [2.24, 2.45) is 11.1 Å². The van der Waals surface area contributed by atoms with Gasteiger partial charge in [0.1, 0.15) is 5.75 Å². The Morgan fingerprint density at radius 3 is 2.67 bits per heavy atom. The molecule has 0 fully saturated rings. The van der Waals surface area contributed by atoms with E-state index in [9.17, 15) is 4.79 Å². The summed E-state index contributed by atoms with van der Waals surface area (Å²) in [6, 6.07) is 5.42. The number of benzene rings is 1. The first-order valence-electron chi connectivity index (χ1n) is 5.76. The largest absolute Gasteiger partial charge is 0.496 e. The second-order valence-electron chi connectivity index (χ2n) is 4.73. The monoisotopic (exact) mass is 314 g/mol. The molecule has 0 saturated carbocycles. The van der Waals surface area contributed by atoms with E-state index < -0.39 is 5.41 Å². The third kappa shape index (κ3) is 3.71. The number of nitrogens with two attached hydrogens (primary N) is 1. The second kappa shape index (κ2) is 6.20. The van der Waals surface area contributed by atoms with Gasteiger partial charge in [0.25, 0.3) is 0 Å². The van der Waals surface area contributed by atoms with Crippen LogP contribution in [0.5, 0.6) is 5.75 Å². The van der Waals surface area contributed by atoms with E-state index in [1.807, 2.05) is 19.9 Å². The highest BCUT2D eigenvalue weighted by atomic mass is 79.9. The number of halogens is 1.